The predicted octanol–water partition coefficient (Wildman–Crippen LogP) is 0.933. The molecule has 0 aliphatic heterocycles. The van der Waals surface area contributed by atoms with Crippen molar-refractivity contribution in [3.05, 3.63) is 24.2 Å². The van der Waals surface area contributed by atoms with Gasteiger partial charge in [-0.25, -0.2) is 4.68 Å². The number of furan rings is 1. The van der Waals surface area contributed by atoms with Crippen LogP contribution in [-0.4, -0.2) is 38.4 Å². The minimum Gasteiger partial charge on any atom is -0.467 e. The largest absolute Gasteiger partial charge is 0.467 e. The molecule has 19 heavy (non-hydrogen) atoms. The van der Waals surface area contributed by atoms with Gasteiger partial charge in [-0.1, -0.05) is 18.7 Å². The van der Waals surface area contributed by atoms with Crippen LogP contribution in [0.4, 0.5) is 0 Å². The highest BCUT2D eigenvalue weighted by molar-refractivity contribution is 7.99. The molecule has 0 fully saturated rings. The third kappa shape index (κ3) is 4.09. The predicted molar refractivity (Wildman–Crippen MR) is 69.7 cm³/mol. The Morgan fingerprint density at radius 2 is 2.47 bits per heavy atom. The van der Waals surface area contributed by atoms with Crippen molar-refractivity contribution in [2.75, 3.05) is 12.3 Å². The number of nitrogens with zero attached hydrogens (tertiary/aromatic N) is 4. The van der Waals surface area contributed by atoms with Crippen LogP contribution in [0.15, 0.2) is 28.0 Å². The molecule has 1 N–H and O–H groups in total. The molecule has 0 aromatic carbocycles. The second-order valence-corrected chi connectivity index (χ2v) is 4.78. The number of amides is 1. The van der Waals surface area contributed by atoms with Crippen LogP contribution in [0.25, 0.3) is 0 Å². The third-order valence-corrected chi connectivity index (χ3v) is 3.25. The Bertz CT molecular complexity index is 511. The maximum absolute atomic E-state index is 11.5. The molecule has 7 nitrogen and oxygen atoms in total. The van der Waals surface area contributed by atoms with Crippen LogP contribution in [-0.2, 0) is 11.3 Å². The van der Waals surface area contributed by atoms with E-state index in [1.54, 1.807) is 10.9 Å². The Balaban J connectivity index is 1.87. The minimum atomic E-state index is -0.0144. The lowest BCUT2D eigenvalue weighted by molar-refractivity contribution is -0.118. The average Bonchev–Trinajstić information content (AvgIpc) is 3.06. The van der Waals surface area contributed by atoms with Crippen molar-refractivity contribution >= 4 is 17.7 Å². The SMILES string of the molecule is CCCNC(=O)CSc1nnnn1Cc1ccco1. The van der Waals surface area contributed by atoms with E-state index in [4.69, 9.17) is 4.42 Å². The number of nitrogens with one attached hydrogen (secondary N) is 1. The molecule has 0 radical (unpaired) electrons. The lowest BCUT2D eigenvalue weighted by atomic mass is 10.4. The molecule has 0 unspecified atom stereocenters. The van der Waals surface area contributed by atoms with Crippen molar-refractivity contribution in [3.8, 4) is 0 Å². The van der Waals surface area contributed by atoms with E-state index in [0.717, 1.165) is 12.2 Å². The van der Waals surface area contributed by atoms with Crippen LogP contribution >= 0.6 is 11.8 Å². The van der Waals surface area contributed by atoms with Crippen LogP contribution < -0.4 is 5.32 Å². The van der Waals surface area contributed by atoms with Gasteiger partial charge in [-0.05, 0) is 29.0 Å². The van der Waals surface area contributed by atoms with Gasteiger partial charge in [-0.15, -0.1) is 5.10 Å². The molecule has 102 valence electrons. The molecular weight excluding hydrogens is 266 g/mol. The fourth-order valence-corrected chi connectivity index (χ4v) is 2.10. The molecule has 8 heteroatoms. The number of hydrogen-bond donors (Lipinski definition) is 1. The summed E-state index contributed by atoms with van der Waals surface area (Å²) in [6, 6.07) is 3.66. The Hall–Kier alpha value is -1.83. The van der Waals surface area contributed by atoms with E-state index in [0.29, 0.717) is 24.0 Å². The van der Waals surface area contributed by atoms with Crippen molar-refractivity contribution in [2.45, 2.75) is 25.0 Å². The molecule has 0 aliphatic rings. The van der Waals surface area contributed by atoms with Crippen molar-refractivity contribution in [3.63, 3.8) is 0 Å². The Labute approximate surface area is 114 Å². The zero-order valence-electron chi connectivity index (χ0n) is 10.6. The monoisotopic (exact) mass is 281 g/mol. The van der Waals surface area contributed by atoms with Crippen molar-refractivity contribution < 1.29 is 9.21 Å². The van der Waals surface area contributed by atoms with Crippen molar-refractivity contribution in [1.29, 1.82) is 0 Å². The summed E-state index contributed by atoms with van der Waals surface area (Å²) in [4.78, 5) is 11.5. The summed E-state index contributed by atoms with van der Waals surface area (Å²) < 4.78 is 6.84. The Kier molecular flexibility index (Phi) is 4.96. The van der Waals surface area contributed by atoms with Gasteiger partial charge in [-0.2, -0.15) is 0 Å². The number of tetrazole rings is 1. The summed E-state index contributed by atoms with van der Waals surface area (Å²) >= 11 is 1.31. The van der Waals surface area contributed by atoms with Crippen LogP contribution in [0, 0.1) is 0 Å². The number of aromatic nitrogens is 4. The lowest BCUT2D eigenvalue weighted by Crippen LogP contribution is -2.25. The van der Waals surface area contributed by atoms with Gasteiger partial charge in [0.05, 0.1) is 12.0 Å². The zero-order chi connectivity index (χ0) is 13.5. The van der Waals surface area contributed by atoms with E-state index < -0.39 is 0 Å². The van der Waals surface area contributed by atoms with Gasteiger partial charge in [0, 0.05) is 6.54 Å². The summed E-state index contributed by atoms with van der Waals surface area (Å²) in [5.41, 5.74) is 0. The molecule has 2 aromatic heterocycles. The van der Waals surface area contributed by atoms with E-state index in [1.165, 1.54) is 11.8 Å². The van der Waals surface area contributed by atoms with Crippen LogP contribution in [0.3, 0.4) is 0 Å². The maximum Gasteiger partial charge on any atom is 0.230 e. The maximum atomic E-state index is 11.5. The molecule has 0 saturated carbocycles. The molecule has 0 atom stereocenters. The Morgan fingerprint density at radius 1 is 1.58 bits per heavy atom. The highest BCUT2D eigenvalue weighted by atomic mass is 32.2. The zero-order valence-corrected chi connectivity index (χ0v) is 11.4. The molecule has 0 aliphatic carbocycles. The first-order valence-corrected chi connectivity index (χ1v) is 6.96. The number of carbonyl (C=O) groups is 1. The second-order valence-electron chi connectivity index (χ2n) is 3.84. The highest BCUT2D eigenvalue weighted by Gasteiger charge is 2.10. The van der Waals surface area contributed by atoms with Gasteiger partial charge < -0.3 is 9.73 Å². The van der Waals surface area contributed by atoms with Gasteiger partial charge in [0.2, 0.25) is 11.1 Å². The van der Waals surface area contributed by atoms with Crippen molar-refractivity contribution in [2.24, 2.45) is 0 Å². The molecule has 0 saturated heterocycles. The van der Waals surface area contributed by atoms with Crippen molar-refractivity contribution in [1.82, 2.24) is 25.5 Å². The van der Waals surface area contributed by atoms with E-state index in [-0.39, 0.29) is 5.91 Å². The average molecular weight is 281 g/mol. The van der Waals surface area contributed by atoms with E-state index >= 15 is 0 Å². The van der Waals surface area contributed by atoms with Gasteiger partial charge in [0.15, 0.2) is 0 Å². The van der Waals surface area contributed by atoms with Gasteiger partial charge >= 0.3 is 0 Å². The molecular formula is C11H15N5O2S. The second kappa shape index (κ2) is 6.93. The summed E-state index contributed by atoms with van der Waals surface area (Å²) in [5.74, 6) is 1.06. The van der Waals surface area contributed by atoms with E-state index in [9.17, 15) is 4.79 Å². The van der Waals surface area contributed by atoms with E-state index in [2.05, 4.69) is 20.8 Å². The standard InChI is InChI=1S/C11H15N5O2S/c1-2-5-12-10(17)8-19-11-13-14-15-16(11)7-9-4-3-6-18-9/h3-4,6H,2,5,7-8H2,1H3,(H,12,17). The summed E-state index contributed by atoms with van der Waals surface area (Å²) in [7, 11) is 0. The topological polar surface area (TPSA) is 85.8 Å². The molecule has 1 amide bonds. The first-order chi connectivity index (χ1) is 9.29. The highest BCUT2D eigenvalue weighted by Crippen LogP contribution is 2.14. The number of thioether (sulfide) groups is 1. The smallest absolute Gasteiger partial charge is 0.230 e. The van der Waals surface area contributed by atoms with Gasteiger partial charge in [-0.3, -0.25) is 4.79 Å². The molecule has 2 aromatic rings. The quantitative estimate of drug-likeness (QED) is 0.760. The first-order valence-electron chi connectivity index (χ1n) is 5.97. The summed E-state index contributed by atoms with van der Waals surface area (Å²) in [5, 5.41) is 14.8. The first kappa shape index (κ1) is 13.6. The number of rotatable bonds is 7. The van der Waals surface area contributed by atoms with Crippen LogP contribution in [0.5, 0.6) is 0 Å². The van der Waals surface area contributed by atoms with E-state index in [1.807, 2.05) is 19.1 Å². The van der Waals surface area contributed by atoms with Gasteiger partial charge in [0.1, 0.15) is 12.3 Å². The van der Waals surface area contributed by atoms with Crippen LogP contribution in [0.1, 0.15) is 19.1 Å². The number of carbonyl (C=O) groups excluding carboxylic acids is 1. The fourth-order valence-electron chi connectivity index (χ4n) is 1.39. The summed E-state index contributed by atoms with van der Waals surface area (Å²) in [6.45, 7) is 3.16. The number of hydrogen-bond acceptors (Lipinski definition) is 6. The molecule has 2 heterocycles. The Morgan fingerprint density at radius 3 is 3.21 bits per heavy atom. The normalized spacial score (nSPS) is 10.6. The van der Waals surface area contributed by atoms with Gasteiger partial charge in [0.25, 0.3) is 0 Å². The lowest BCUT2D eigenvalue weighted by Gasteiger charge is -2.03. The third-order valence-electron chi connectivity index (χ3n) is 2.29. The molecule has 0 spiro atoms. The molecule has 0 bridgehead atoms. The minimum absolute atomic E-state index is 0.0144. The van der Waals surface area contributed by atoms with Crippen LogP contribution in [0.2, 0.25) is 0 Å². The molecule has 2 rings (SSSR count). The summed E-state index contributed by atoms with van der Waals surface area (Å²) in [6.07, 6.45) is 2.53. The fraction of sp³-hybridized carbons (Fsp3) is 0.455.